The molecule has 3 heterocycles. The zero-order chi connectivity index (χ0) is 14.1. The number of aromatic nitrogens is 3. The fourth-order valence-electron chi connectivity index (χ4n) is 2.48. The molecule has 0 saturated carbocycles. The van der Waals surface area contributed by atoms with E-state index in [0.29, 0.717) is 38.7 Å². The maximum atomic E-state index is 11.6. The summed E-state index contributed by atoms with van der Waals surface area (Å²) < 4.78 is 5.28. The first-order valence-corrected chi connectivity index (χ1v) is 6.61. The summed E-state index contributed by atoms with van der Waals surface area (Å²) in [6.45, 7) is 4.96. The zero-order valence-corrected chi connectivity index (χ0v) is 11.2. The number of nitrogens with one attached hydrogen (secondary N) is 1. The van der Waals surface area contributed by atoms with Gasteiger partial charge in [-0.1, -0.05) is 0 Å². The van der Waals surface area contributed by atoms with E-state index in [1.165, 1.54) is 0 Å². The number of piperazine rings is 1. The molecule has 3 rings (SSSR count). The molecule has 2 aliphatic rings. The van der Waals surface area contributed by atoms with Gasteiger partial charge in [0.1, 0.15) is 0 Å². The van der Waals surface area contributed by atoms with Crippen molar-refractivity contribution < 1.29 is 9.53 Å². The number of hydrogen-bond donors (Lipinski definition) is 2. The van der Waals surface area contributed by atoms with E-state index >= 15 is 0 Å². The monoisotopic (exact) mass is 279 g/mol. The van der Waals surface area contributed by atoms with E-state index in [0.717, 1.165) is 0 Å². The molecule has 0 spiro atoms. The van der Waals surface area contributed by atoms with Gasteiger partial charge in [-0.25, -0.2) is 4.79 Å². The third kappa shape index (κ3) is 2.26. The van der Waals surface area contributed by atoms with Crippen molar-refractivity contribution in [3.05, 3.63) is 0 Å². The molecule has 1 aromatic rings. The summed E-state index contributed by atoms with van der Waals surface area (Å²) in [5.41, 5.74) is 5.68. The van der Waals surface area contributed by atoms with Crippen molar-refractivity contribution >= 4 is 17.9 Å². The highest BCUT2D eigenvalue weighted by atomic mass is 16.5. The standard InChI is InChI=1S/C11H17N7O2/c1-2-20-10-15-8(12)14-9(16-10)17-3-4-18-7(6-17)5-13-11(18)19/h7H,2-6H2,1H3,(H,13,19)(H2,12,14,15,16). The van der Waals surface area contributed by atoms with E-state index in [1.807, 2.05) is 16.7 Å². The zero-order valence-electron chi connectivity index (χ0n) is 11.2. The van der Waals surface area contributed by atoms with Gasteiger partial charge in [-0.2, -0.15) is 15.0 Å². The predicted octanol–water partition coefficient (Wildman–Crippen LogP) is -0.934. The van der Waals surface area contributed by atoms with Crippen LogP contribution in [-0.2, 0) is 0 Å². The van der Waals surface area contributed by atoms with Crippen LogP contribution in [-0.4, -0.2) is 64.7 Å². The van der Waals surface area contributed by atoms with Gasteiger partial charge in [-0.3, -0.25) is 0 Å². The topological polar surface area (TPSA) is 109 Å². The second kappa shape index (κ2) is 4.99. The molecule has 2 aliphatic heterocycles. The lowest BCUT2D eigenvalue weighted by molar-refractivity contribution is 0.197. The molecule has 20 heavy (non-hydrogen) atoms. The number of nitrogens with zero attached hydrogens (tertiary/aromatic N) is 5. The Labute approximate surface area is 116 Å². The molecule has 0 bridgehead atoms. The number of ether oxygens (including phenoxy) is 1. The molecule has 2 amide bonds. The summed E-state index contributed by atoms with van der Waals surface area (Å²) in [6, 6.07) is 0.377. The van der Waals surface area contributed by atoms with Gasteiger partial charge >= 0.3 is 12.0 Å². The van der Waals surface area contributed by atoms with E-state index in [9.17, 15) is 4.79 Å². The minimum absolute atomic E-state index is 0.000170. The molecule has 9 heteroatoms. The van der Waals surface area contributed by atoms with Crippen molar-refractivity contribution in [2.24, 2.45) is 0 Å². The third-order valence-corrected chi connectivity index (χ3v) is 3.41. The number of nitrogens with two attached hydrogens (primary N) is 1. The van der Waals surface area contributed by atoms with Gasteiger partial charge < -0.3 is 25.6 Å². The molecule has 1 aromatic heterocycles. The first-order chi connectivity index (χ1) is 9.67. The molecule has 0 radical (unpaired) electrons. The second-order valence-corrected chi connectivity index (χ2v) is 4.69. The summed E-state index contributed by atoms with van der Waals surface area (Å²) in [4.78, 5) is 27.7. The molecule has 2 saturated heterocycles. The highest BCUT2D eigenvalue weighted by Crippen LogP contribution is 2.20. The quantitative estimate of drug-likeness (QED) is 0.735. The Hall–Kier alpha value is -2.32. The third-order valence-electron chi connectivity index (χ3n) is 3.41. The van der Waals surface area contributed by atoms with Crippen LogP contribution in [0.25, 0.3) is 0 Å². The fraction of sp³-hybridized carbons (Fsp3) is 0.636. The Kier molecular flexibility index (Phi) is 3.17. The Balaban J connectivity index is 1.78. The fourth-order valence-corrected chi connectivity index (χ4v) is 2.48. The number of carbonyl (C=O) groups is 1. The van der Waals surface area contributed by atoms with Crippen LogP contribution in [0.2, 0.25) is 0 Å². The van der Waals surface area contributed by atoms with Gasteiger partial charge in [0.25, 0.3) is 0 Å². The number of nitrogen functional groups attached to an aromatic ring is 1. The van der Waals surface area contributed by atoms with Crippen LogP contribution < -0.4 is 20.7 Å². The first kappa shape index (κ1) is 12.7. The Morgan fingerprint density at radius 3 is 3.05 bits per heavy atom. The maximum Gasteiger partial charge on any atom is 0.323 e. The highest BCUT2D eigenvalue weighted by molar-refractivity contribution is 5.77. The summed E-state index contributed by atoms with van der Waals surface area (Å²) in [7, 11) is 0. The Morgan fingerprint density at radius 2 is 2.25 bits per heavy atom. The summed E-state index contributed by atoms with van der Waals surface area (Å²) in [5.74, 6) is 0.640. The van der Waals surface area contributed by atoms with Crippen LogP contribution in [0, 0.1) is 0 Å². The Morgan fingerprint density at radius 1 is 1.40 bits per heavy atom. The number of urea groups is 1. The second-order valence-electron chi connectivity index (χ2n) is 4.69. The average molecular weight is 279 g/mol. The largest absolute Gasteiger partial charge is 0.464 e. The van der Waals surface area contributed by atoms with E-state index in [-0.39, 0.29) is 24.0 Å². The number of carbonyl (C=O) groups excluding carboxylic acids is 1. The van der Waals surface area contributed by atoms with Gasteiger partial charge in [0.2, 0.25) is 11.9 Å². The number of rotatable bonds is 3. The van der Waals surface area contributed by atoms with Crippen LogP contribution in [0.5, 0.6) is 6.01 Å². The molecule has 2 fully saturated rings. The van der Waals surface area contributed by atoms with Crippen molar-refractivity contribution in [3.63, 3.8) is 0 Å². The summed E-state index contributed by atoms with van der Waals surface area (Å²) in [5, 5.41) is 2.83. The molecular weight excluding hydrogens is 262 g/mol. The summed E-state index contributed by atoms with van der Waals surface area (Å²) in [6.07, 6.45) is 0. The minimum Gasteiger partial charge on any atom is -0.464 e. The van der Waals surface area contributed by atoms with E-state index in [4.69, 9.17) is 10.5 Å². The molecule has 9 nitrogen and oxygen atoms in total. The van der Waals surface area contributed by atoms with Crippen LogP contribution >= 0.6 is 0 Å². The van der Waals surface area contributed by atoms with E-state index in [2.05, 4.69) is 20.3 Å². The van der Waals surface area contributed by atoms with Gasteiger partial charge in [-0.15, -0.1) is 0 Å². The number of hydrogen-bond acceptors (Lipinski definition) is 7. The molecule has 3 N–H and O–H groups in total. The minimum atomic E-state index is -0.000170. The van der Waals surface area contributed by atoms with Crippen LogP contribution in [0.15, 0.2) is 0 Å². The number of amides is 2. The van der Waals surface area contributed by atoms with Gasteiger partial charge in [0.15, 0.2) is 0 Å². The van der Waals surface area contributed by atoms with Crippen molar-refractivity contribution in [1.29, 1.82) is 0 Å². The van der Waals surface area contributed by atoms with Crippen molar-refractivity contribution in [2.45, 2.75) is 13.0 Å². The van der Waals surface area contributed by atoms with Gasteiger partial charge in [0.05, 0.1) is 12.6 Å². The molecule has 1 unspecified atom stereocenters. The SMILES string of the molecule is CCOc1nc(N)nc(N2CCN3C(=O)NCC3C2)n1. The van der Waals surface area contributed by atoms with Gasteiger partial charge in [0, 0.05) is 26.2 Å². The van der Waals surface area contributed by atoms with Crippen LogP contribution in [0.4, 0.5) is 16.7 Å². The van der Waals surface area contributed by atoms with Crippen LogP contribution in [0.3, 0.4) is 0 Å². The molecule has 1 atom stereocenters. The molecule has 0 aliphatic carbocycles. The number of anilines is 2. The molecule has 0 aromatic carbocycles. The lowest BCUT2D eigenvalue weighted by Crippen LogP contribution is -2.52. The summed E-state index contributed by atoms with van der Waals surface area (Å²) >= 11 is 0. The van der Waals surface area contributed by atoms with Gasteiger partial charge in [-0.05, 0) is 6.92 Å². The Bertz CT molecular complexity index is 523. The van der Waals surface area contributed by atoms with E-state index in [1.54, 1.807) is 0 Å². The maximum absolute atomic E-state index is 11.6. The van der Waals surface area contributed by atoms with Crippen LogP contribution in [0.1, 0.15) is 6.92 Å². The van der Waals surface area contributed by atoms with Crippen molar-refractivity contribution in [2.75, 3.05) is 43.4 Å². The lowest BCUT2D eigenvalue weighted by Gasteiger charge is -2.36. The average Bonchev–Trinajstić information content (AvgIpc) is 2.80. The lowest BCUT2D eigenvalue weighted by atomic mass is 10.2. The first-order valence-electron chi connectivity index (χ1n) is 6.61. The normalized spacial score (nSPS) is 21.6. The smallest absolute Gasteiger partial charge is 0.323 e. The highest BCUT2D eigenvalue weighted by Gasteiger charge is 2.36. The number of fused-ring (bicyclic) bond motifs is 1. The molecule has 108 valence electrons. The molecular formula is C11H17N7O2. The predicted molar refractivity (Wildman–Crippen MR) is 71.5 cm³/mol. The van der Waals surface area contributed by atoms with Crippen molar-refractivity contribution in [1.82, 2.24) is 25.2 Å². The van der Waals surface area contributed by atoms with Crippen molar-refractivity contribution in [3.8, 4) is 6.01 Å². The van der Waals surface area contributed by atoms with E-state index < -0.39 is 0 Å².